The molecular formula is C27H32ClN5O4S. The van der Waals surface area contributed by atoms with Gasteiger partial charge in [0.25, 0.3) is 5.91 Å². The van der Waals surface area contributed by atoms with Gasteiger partial charge in [0, 0.05) is 50.0 Å². The highest BCUT2D eigenvalue weighted by Crippen LogP contribution is 2.28. The molecule has 0 aromatic heterocycles. The normalized spacial score (nSPS) is 18.7. The first-order valence-electron chi connectivity index (χ1n) is 12.6. The van der Waals surface area contributed by atoms with Crippen molar-refractivity contribution >= 4 is 58.1 Å². The molecule has 1 N–H and O–H groups in total. The summed E-state index contributed by atoms with van der Waals surface area (Å²) in [5, 5.41) is 3.76. The fourth-order valence-electron chi connectivity index (χ4n) is 4.53. The van der Waals surface area contributed by atoms with Crippen LogP contribution < -0.4 is 10.2 Å². The van der Waals surface area contributed by atoms with Crippen LogP contribution in [0.5, 0.6) is 0 Å². The topological polar surface area (TPSA) is 85.4 Å². The predicted octanol–water partition coefficient (Wildman–Crippen LogP) is 3.10. The minimum Gasteiger partial charge on any atom is -0.462 e. The summed E-state index contributed by atoms with van der Waals surface area (Å²) in [4.78, 5) is 46.6. The van der Waals surface area contributed by atoms with Gasteiger partial charge in [-0.1, -0.05) is 11.6 Å². The number of piperazine rings is 1. The average Bonchev–Trinajstić information content (AvgIpc) is 3.13. The van der Waals surface area contributed by atoms with E-state index in [-0.39, 0.29) is 24.8 Å². The van der Waals surface area contributed by atoms with Crippen LogP contribution in [-0.4, -0.2) is 96.6 Å². The SMILES string of the molecule is CCOC(=O)c1ccc(N2C(=O)C(CC(=O)Nc3ccc(Cl)cc3)N(CCN3CCN(C)CC3)C2=S)cc1. The summed E-state index contributed by atoms with van der Waals surface area (Å²) in [6.45, 7) is 7.10. The zero-order chi connectivity index (χ0) is 27.2. The molecule has 2 aliphatic heterocycles. The van der Waals surface area contributed by atoms with Crippen molar-refractivity contribution in [3.8, 4) is 0 Å². The first kappa shape index (κ1) is 28.0. The second-order valence-corrected chi connectivity index (χ2v) is 10.1. The zero-order valence-corrected chi connectivity index (χ0v) is 23.1. The molecule has 202 valence electrons. The lowest BCUT2D eigenvalue weighted by atomic mass is 10.1. The Morgan fingerprint density at radius 1 is 1.03 bits per heavy atom. The summed E-state index contributed by atoms with van der Waals surface area (Å²) < 4.78 is 5.05. The number of rotatable bonds is 9. The van der Waals surface area contributed by atoms with Crippen molar-refractivity contribution in [2.24, 2.45) is 0 Å². The first-order chi connectivity index (χ1) is 18.3. The number of carbonyl (C=O) groups is 3. The second kappa shape index (κ2) is 12.7. The van der Waals surface area contributed by atoms with E-state index in [1.54, 1.807) is 55.5 Å². The predicted molar refractivity (Wildman–Crippen MR) is 152 cm³/mol. The third kappa shape index (κ3) is 6.68. The second-order valence-electron chi connectivity index (χ2n) is 9.34. The van der Waals surface area contributed by atoms with Gasteiger partial charge in [0.2, 0.25) is 5.91 Å². The maximum Gasteiger partial charge on any atom is 0.338 e. The molecule has 2 fully saturated rings. The highest BCUT2D eigenvalue weighted by molar-refractivity contribution is 7.80. The number of ether oxygens (including phenoxy) is 1. The van der Waals surface area contributed by atoms with Gasteiger partial charge >= 0.3 is 5.97 Å². The van der Waals surface area contributed by atoms with Crippen molar-refractivity contribution in [2.45, 2.75) is 19.4 Å². The molecule has 2 aromatic rings. The Balaban J connectivity index is 1.51. The van der Waals surface area contributed by atoms with E-state index in [2.05, 4.69) is 22.2 Å². The molecule has 2 saturated heterocycles. The largest absolute Gasteiger partial charge is 0.462 e. The zero-order valence-electron chi connectivity index (χ0n) is 21.6. The van der Waals surface area contributed by atoms with Gasteiger partial charge in [0.1, 0.15) is 6.04 Å². The van der Waals surface area contributed by atoms with E-state index in [1.165, 1.54) is 4.90 Å². The summed E-state index contributed by atoms with van der Waals surface area (Å²) >= 11 is 11.7. The fraction of sp³-hybridized carbons (Fsp3) is 0.407. The van der Waals surface area contributed by atoms with E-state index in [9.17, 15) is 14.4 Å². The van der Waals surface area contributed by atoms with Crippen LogP contribution in [0.25, 0.3) is 0 Å². The lowest BCUT2D eigenvalue weighted by Crippen LogP contribution is -2.48. The highest BCUT2D eigenvalue weighted by Gasteiger charge is 2.44. The van der Waals surface area contributed by atoms with Crippen LogP contribution in [0.3, 0.4) is 0 Å². The molecule has 2 aromatic carbocycles. The quantitative estimate of drug-likeness (QED) is 0.372. The maximum atomic E-state index is 13.7. The average molecular weight is 558 g/mol. The third-order valence-corrected chi connectivity index (χ3v) is 7.38. The summed E-state index contributed by atoms with van der Waals surface area (Å²) in [5.41, 5.74) is 1.53. The van der Waals surface area contributed by atoms with Crippen LogP contribution in [0, 0.1) is 0 Å². The van der Waals surface area contributed by atoms with Crippen LogP contribution >= 0.6 is 23.8 Å². The highest BCUT2D eigenvalue weighted by atomic mass is 35.5. The molecule has 0 spiro atoms. The van der Waals surface area contributed by atoms with E-state index in [0.29, 0.717) is 33.6 Å². The van der Waals surface area contributed by atoms with E-state index in [0.717, 1.165) is 32.7 Å². The van der Waals surface area contributed by atoms with Gasteiger partial charge in [-0.05, 0) is 74.7 Å². The van der Waals surface area contributed by atoms with E-state index < -0.39 is 12.0 Å². The van der Waals surface area contributed by atoms with E-state index >= 15 is 0 Å². The van der Waals surface area contributed by atoms with Crippen LogP contribution in [0.1, 0.15) is 23.7 Å². The van der Waals surface area contributed by atoms with E-state index in [1.807, 2.05) is 4.90 Å². The minimum atomic E-state index is -0.744. The Morgan fingerprint density at radius 2 is 1.68 bits per heavy atom. The standard InChI is InChI=1S/C27H32ClN5O4S/c1-3-37-26(36)19-4-10-22(11-5-19)33-25(35)23(18-24(34)29-21-8-6-20(28)7-9-21)32(27(33)38)17-16-31-14-12-30(2)13-15-31/h4-11,23H,3,12-18H2,1-2H3,(H,29,34). The lowest BCUT2D eigenvalue weighted by molar-refractivity contribution is -0.124. The monoisotopic (exact) mass is 557 g/mol. The lowest BCUT2D eigenvalue weighted by Gasteiger charge is -2.34. The van der Waals surface area contributed by atoms with Crippen molar-refractivity contribution in [1.29, 1.82) is 0 Å². The van der Waals surface area contributed by atoms with Crippen molar-refractivity contribution in [3.05, 3.63) is 59.1 Å². The number of carbonyl (C=O) groups excluding carboxylic acids is 3. The molecule has 11 heteroatoms. The molecule has 1 unspecified atom stereocenters. The summed E-state index contributed by atoms with van der Waals surface area (Å²) in [7, 11) is 2.10. The van der Waals surface area contributed by atoms with Gasteiger partial charge in [-0.2, -0.15) is 0 Å². The van der Waals surface area contributed by atoms with Gasteiger partial charge in [-0.3, -0.25) is 19.4 Å². The van der Waals surface area contributed by atoms with Crippen molar-refractivity contribution in [3.63, 3.8) is 0 Å². The Kier molecular flexibility index (Phi) is 9.32. The van der Waals surface area contributed by atoms with Crippen molar-refractivity contribution in [2.75, 3.05) is 63.1 Å². The van der Waals surface area contributed by atoms with E-state index in [4.69, 9.17) is 28.6 Å². The molecule has 0 bridgehead atoms. The maximum absolute atomic E-state index is 13.7. The minimum absolute atomic E-state index is 0.0538. The number of amides is 2. The Hall–Kier alpha value is -3.05. The molecule has 1 atom stereocenters. The molecule has 9 nitrogen and oxygen atoms in total. The molecule has 4 rings (SSSR count). The van der Waals surface area contributed by atoms with Gasteiger partial charge in [0.15, 0.2) is 5.11 Å². The number of hydrogen-bond donors (Lipinski definition) is 1. The summed E-state index contributed by atoms with van der Waals surface area (Å²) in [5.74, 6) is -0.999. The molecular weight excluding hydrogens is 526 g/mol. The summed E-state index contributed by atoms with van der Waals surface area (Å²) in [6, 6.07) is 12.6. The number of nitrogens with zero attached hydrogens (tertiary/aromatic N) is 4. The number of thiocarbonyl (C=S) groups is 1. The van der Waals surface area contributed by atoms with Gasteiger partial charge in [-0.25, -0.2) is 4.79 Å². The Labute approximate surface area is 233 Å². The molecule has 0 radical (unpaired) electrons. The number of hydrogen-bond acceptors (Lipinski definition) is 7. The molecule has 2 amide bonds. The molecule has 38 heavy (non-hydrogen) atoms. The molecule has 2 heterocycles. The first-order valence-corrected chi connectivity index (χ1v) is 13.4. The number of anilines is 2. The van der Waals surface area contributed by atoms with Crippen molar-refractivity contribution in [1.82, 2.24) is 14.7 Å². The Morgan fingerprint density at radius 3 is 2.32 bits per heavy atom. The molecule has 2 aliphatic rings. The third-order valence-electron chi connectivity index (χ3n) is 6.72. The fourth-order valence-corrected chi connectivity index (χ4v) is 5.07. The van der Waals surface area contributed by atoms with Gasteiger partial charge in [-0.15, -0.1) is 0 Å². The number of esters is 1. The van der Waals surface area contributed by atoms with Crippen LogP contribution in [0.4, 0.5) is 11.4 Å². The summed E-state index contributed by atoms with van der Waals surface area (Å²) in [6.07, 6.45) is -0.0538. The van der Waals surface area contributed by atoms with Crippen LogP contribution in [-0.2, 0) is 14.3 Å². The number of likely N-dealkylation sites (N-methyl/N-ethyl adjacent to an activating group) is 1. The van der Waals surface area contributed by atoms with Crippen LogP contribution in [0.15, 0.2) is 48.5 Å². The Bertz CT molecular complexity index is 1170. The molecule has 0 saturated carbocycles. The van der Waals surface area contributed by atoms with Crippen molar-refractivity contribution < 1.29 is 19.1 Å². The number of nitrogens with one attached hydrogen (secondary N) is 1. The number of halogens is 1. The smallest absolute Gasteiger partial charge is 0.338 e. The van der Waals surface area contributed by atoms with Crippen LogP contribution in [0.2, 0.25) is 5.02 Å². The van der Waals surface area contributed by atoms with Gasteiger partial charge in [0.05, 0.1) is 24.3 Å². The van der Waals surface area contributed by atoms with Gasteiger partial charge < -0.3 is 19.9 Å². The molecule has 0 aliphatic carbocycles. The number of benzene rings is 2.